The van der Waals surface area contributed by atoms with Gasteiger partial charge < -0.3 is 29.2 Å². The van der Waals surface area contributed by atoms with Gasteiger partial charge >= 0.3 is 0 Å². The number of ether oxygens (including phenoxy) is 4. The van der Waals surface area contributed by atoms with E-state index in [0.717, 1.165) is 5.56 Å². The summed E-state index contributed by atoms with van der Waals surface area (Å²) in [5.74, 6) is 1.43. The Bertz CT molecular complexity index is 789. The van der Waals surface area contributed by atoms with Gasteiger partial charge in [-0.05, 0) is 36.1 Å². The molecule has 1 aromatic carbocycles. The second-order valence-corrected chi connectivity index (χ2v) is 7.60. The van der Waals surface area contributed by atoms with E-state index < -0.39 is 23.2 Å². The van der Waals surface area contributed by atoms with Crippen LogP contribution in [-0.2, 0) is 9.47 Å². The first-order valence-corrected chi connectivity index (χ1v) is 9.14. The average Bonchev–Trinajstić information content (AvgIpc) is 3.18. The third kappa shape index (κ3) is 2.18. The number of benzene rings is 1. The van der Waals surface area contributed by atoms with Gasteiger partial charge in [-0.15, -0.1) is 6.58 Å². The number of aliphatic hydroxyl groups excluding tert-OH is 2. The van der Waals surface area contributed by atoms with Crippen molar-refractivity contribution in [3.8, 4) is 11.5 Å². The molecule has 1 fully saturated rings. The highest BCUT2D eigenvalue weighted by Gasteiger charge is 2.71. The standard InChI is InChI=1S/C21H26O6/c1-5-8-20-10-16(24-3)18(22)21(25-4,19(20)23)17(12(20)2)13-6-7-14-15(9-13)27-11-26-14/h5-7,9-10,12,17-19,22-23H,1,8,11H2,2-4H3/t12-,17+,18+,19?,20-,21+/m0/s1. The quantitative estimate of drug-likeness (QED) is 0.771. The maximum Gasteiger partial charge on any atom is 0.231 e. The normalized spacial score (nSPS) is 39.2. The maximum absolute atomic E-state index is 11.4. The van der Waals surface area contributed by atoms with E-state index in [4.69, 9.17) is 18.9 Å². The van der Waals surface area contributed by atoms with Crippen LogP contribution in [0.15, 0.2) is 42.7 Å². The molecule has 4 rings (SSSR count). The minimum atomic E-state index is -1.24. The van der Waals surface area contributed by atoms with Crippen LogP contribution in [-0.4, -0.2) is 49.0 Å². The van der Waals surface area contributed by atoms with Gasteiger partial charge in [-0.25, -0.2) is 0 Å². The van der Waals surface area contributed by atoms with Crippen LogP contribution in [0.2, 0.25) is 0 Å². The molecule has 2 bridgehead atoms. The van der Waals surface area contributed by atoms with E-state index in [2.05, 4.69) is 13.5 Å². The highest BCUT2D eigenvalue weighted by Crippen LogP contribution is 2.65. The van der Waals surface area contributed by atoms with Crippen molar-refractivity contribution in [1.82, 2.24) is 0 Å². The van der Waals surface area contributed by atoms with Crippen LogP contribution in [0.4, 0.5) is 0 Å². The highest BCUT2D eigenvalue weighted by molar-refractivity contribution is 5.49. The molecule has 3 aliphatic rings. The van der Waals surface area contributed by atoms with Crippen LogP contribution in [0.25, 0.3) is 0 Å². The lowest BCUT2D eigenvalue weighted by molar-refractivity contribution is -0.179. The molecule has 146 valence electrons. The highest BCUT2D eigenvalue weighted by atomic mass is 16.7. The Balaban J connectivity index is 1.91. The summed E-state index contributed by atoms with van der Waals surface area (Å²) in [6, 6.07) is 5.72. The maximum atomic E-state index is 11.4. The fraction of sp³-hybridized carbons (Fsp3) is 0.524. The molecule has 1 aliphatic heterocycles. The van der Waals surface area contributed by atoms with Crippen LogP contribution in [0.3, 0.4) is 0 Å². The molecule has 0 aromatic heterocycles. The van der Waals surface area contributed by atoms with Crippen LogP contribution in [0.5, 0.6) is 11.5 Å². The van der Waals surface area contributed by atoms with E-state index in [-0.39, 0.29) is 18.6 Å². The summed E-state index contributed by atoms with van der Waals surface area (Å²) >= 11 is 0. The van der Waals surface area contributed by atoms with E-state index in [1.54, 1.807) is 6.08 Å². The van der Waals surface area contributed by atoms with Crippen LogP contribution < -0.4 is 9.47 Å². The molecule has 0 spiro atoms. The van der Waals surface area contributed by atoms with E-state index in [9.17, 15) is 10.2 Å². The number of allylic oxidation sites excluding steroid dienone is 1. The van der Waals surface area contributed by atoms with Crippen molar-refractivity contribution in [2.75, 3.05) is 21.0 Å². The topological polar surface area (TPSA) is 77.4 Å². The minimum Gasteiger partial charge on any atom is -0.499 e. The van der Waals surface area contributed by atoms with Crippen molar-refractivity contribution >= 4 is 0 Å². The number of methoxy groups -OCH3 is 2. The molecule has 1 saturated carbocycles. The summed E-state index contributed by atoms with van der Waals surface area (Å²) in [6.45, 7) is 6.14. The summed E-state index contributed by atoms with van der Waals surface area (Å²) in [4.78, 5) is 0. The van der Waals surface area contributed by atoms with Crippen molar-refractivity contribution < 1.29 is 29.2 Å². The van der Waals surface area contributed by atoms with E-state index in [1.807, 2.05) is 24.3 Å². The lowest BCUT2D eigenvalue weighted by Gasteiger charge is -2.46. The third-order valence-corrected chi connectivity index (χ3v) is 6.72. The zero-order valence-corrected chi connectivity index (χ0v) is 15.8. The Morgan fingerprint density at radius 2 is 2.00 bits per heavy atom. The predicted octanol–water partition coefficient (Wildman–Crippen LogP) is 2.36. The average molecular weight is 374 g/mol. The minimum absolute atomic E-state index is 0.0480. The van der Waals surface area contributed by atoms with Gasteiger partial charge in [0.15, 0.2) is 11.5 Å². The summed E-state index contributed by atoms with van der Waals surface area (Å²) in [7, 11) is 3.05. The number of fused-ring (bicyclic) bond motifs is 3. The van der Waals surface area contributed by atoms with Gasteiger partial charge in [0.1, 0.15) is 17.5 Å². The van der Waals surface area contributed by atoms with Gasteiger partial charge in [-0.3, -0.25) is 0 Å². The first-order chi connectivity index (χ1) is 13.0. The number of rotatable bonds is 5. The molecule has 1 heterocycles. The largest absolute Gasteiger partial charge is 0.499 e. The van der Waals surface area contributed by atoms with E-state index in [0.29, 0.717) is 23.7 Å². The lowest BCUT2D eigenvalue weighted by Crippen LogP contribution is -2.59. The van der Waals surface area contributed by atoms with E-state index >= 15 is 0 Å². The van der Waals surface area contributed by atoms with E-state index in [1.165, 1.54) is 14.2 Å². The van der Waals surface area contributed by atoms with Crippen molar-refractivity contribution in [2.45, 2.75) is 37.1 Å². The van der Waals surface area contributed by atoms with Gasteiger partial charge in [0.25, 0.3) is 0 Å². The Morgan fingerprint density at radius 1 is 1.26 bits per heavy atom. The molecule has 6 nitrogen and oxygen atoms in total. The molecule has 6 atom stereocenters. The fourth-order valence-electron chi connectivity index (χ4n) is 5.42. The van der Waals surface area contributed by atoms with Crippen molar-refractivity contribution in [1.29, 1.82) is 0 Å². The molecule has 6 heteroatoms. The molecular formula is C21H26O6. The van der Waals surface area contributed by atoms with Crippen LogP contribution in [0.1, 0.15) is 24.8 Å². The first-order valence-electron chi connectivity index (χ1n) is 9.14. The van der Waals surface area contributed by atoms with Gasteiger partial charge in [0.2, 0.25) is 6.79 Å². The van der Waals surface area contributed by atoms with Gasteiger partial charge in [-0.1, -0.05) is 19.1 Å². The Morgan fingerprint density at radius 3 is 2.67 bits per heavy atom. The third-order valence-electron chi connectivity index (χ3n) is 6.72. The summed E-state index contributed by atoms with van der Waals surface area (Å²) in [6.07, 6.45) is 2.18. The summed E-state index contributed by atoms with van der Waals surface area (Å²) in [5, 5.41) is 22.6. The van der Waals surface area contributed by atoms with Crippen LogP contribution >= 0.6 is 0 Å². The van der Waals surface area contributed by atoms with Gasteiger partial charge in [0, 0.05) is 18.4 Å². The predicted molar refractivity (Wildman–Crippen MR) is 98.6 cm³/mol. The Hall–Kier alpha value is -2.02. The SMILES string of the molecule is C=CC[C@@]12C=C(OC)[C@@H](O)[C@@](OC)(C1O)[C@@H](c1ccc3c(c1)OCO3)[C@@H]2C. The monoisotopic (exact) mass is 374 g/mol. The molecule has 0 radical (unpaired) electrons. The molecule has 2 aliphatic carbocycles. The molecule has 1 aromatic rings. The molecule has 0 amide bonds. The van der Waals surface area contributed by atoms with Crippen molar-refractivity contribution in [2.24, 2.45) is 11.3 Å². The summed E-state index contributed by atoms with van der Waals surface area (Å²) < 4.78 is 22.4. The second-order valence-electron chi connectivity index (χ2n) is 7.60. The van der Waals surface area contributed by atoms with Crippen LogP contribution in [0, 0.1) is 11.3 Å². The van der Waals surface area contributed by atoms with Crippen molar-refractivity contribution in [3.63, 3.8) is 0 Å². The van der Waals surface area contributed by atoms with Gasteiger partial charge in [0.05, 0.1) is 13.2 Å². The zero-order valence-electron chi connectivity index (χ0n) is 15.8. The summed E-state index contributed by atoms with van der Waals surface area (Å²) in [5.41, 5.74) is -0.969. The first kappa shape index (κ1) is 18.3. The fourth-order valence-corrected chi connectivity index (χ4v) is 5.42. The molecule has 1 unspecified atom stereocenters. The Kier molecular flexibility index (Phi) is 4.25. The molecular weight excluding hydrogens is 348 g/mol. The van der Waals surface area contributed by atoms with Gasteiger partial charge in [-0.2, -0.15) is 0 Å². The zero-order chi connectivity index (χ0) is 19.4. The Labute approximate surface area is 159 Å². The number of aliphatic hydroxyl groups is 2. The molecule has 0 saturated heterocycles. The second kappa shape index (κ2) is 6.26. The number of hydrogen-bond donors (Lipinski definition) is 2. The van der Waals surface area contributed by atoms with Crippen molar-refractivity contribution in [3.05, 3.63) is 48.3 Å². The smallest absolute Gasteiger partial charge is 0.231 e. The lowest BCUT2D eigenvalue weighted by atomic mass is 9.69. The number of hydrogen-bond acceptors (Lipinski definition) is 6. The molecule has 27 heavy (non-hydrogen) atoms. The molecule has 2 N–H and O–H groups in total.